The van der Waals surface area contributed by atoms with Crippen LogP contribution in [0.3, 0.4) is 0 Å². The monoisotopic (exact) mass is 182 g/mol. The predicted octanol–water partition coefficient (Wildman–Crippen LogP) is 2.22. The Balaban J connectivity index is 2.44. The van der Waals surface area contributed by atoms with E-state index in [0.29, 0.717) is 18.1 Å². The van der Waals surface area contributed by atoms with Crippen LogP contribution in [0, 0.1) is 17.8 Å². The highest BCUT2D eigenvalue weighted by molar-refractivity contribution is 5.80. The van der Waals surface area contributed by atoms with Gasteiger partial charge in [-0.3, -0.25) is 4.79 Å². The van der Waals surface area contributed by atoms with Gasteiger partial charge in [-0.1, -0.05) is 20.3 Å². The van der Waals surface area contributed by atoms with Crippen LogP contribution in [0.25, 0.3) is 0 Å². The number of aldehydes is 1. The Hall–Kier alpha value is -0.660. The number of rotatable bonds is 4. The SMILES string of the molecule is CC(C)C(=O)CC1CCCC1C=O. The Morgan fingerprint density at radius 3 is 2.69 bits per heavy atom. The first-order valence-corrected chi connectivity index (χ1v) is 5.13. The molecule has 0 N–H and O–H groups in total. The lowest BCUT2D eigenvalue weighted by Gasteiger charge is -2.14. The Kier molecular flexibility index (Phi) is 3.64. The molecule has 0 radical (unpaired) electrons. The molecule has 0 spiro atoms. The van der Waals surface area contributed by atoms with E-state index in [2.05, 4.69) is 0 Å². The molecule has 0 heterocycles. The maximum Gasteiger partial charge on any atom is 0.135 e. The minimum atomic E-state index is 0.118. The van der Waals surface area contributed by atoms with Crippen LogP contribution in [0.15, 0.2) is 0 Å². The van der Waals surface area contributed by atoms with E-state index in [9.17, 15) is 9.59 Å². The summed E-state index contributed by atoms with van der Waals surface area (Å²) in [5, 5.41) is 0. The summed E-state index contributed by atoms with van der Waals surface area (Å²) in [5.74, 6) is 0.918. The molecule has 1 saturated carbocycles. The number of carbonyl (C=O) groups excluding carboxylic acids is 2. The Morgan fingerprint density at radius 2 is 2.15 bits per heavy atom. The zero-order valence-corrected chi connectivity index (χ0v) is 8.45. The molecule has 2 heteroatoms. The number of hydrogen-bond donors (Lipinski definition) is 0. The van der Waals surface area contributed by atoms with Crippen molar-refractivity contribution in [3.05, 3.63) is 0 Å². The largest absolute Gasteiger partial charge is 0.303 e. The van der Waals surface area contributed by atoms with Gasteiger partial charge in [0.25, 0.3) is 0 Å². The molecular formula is C11H18O2. The van der Waals surface area contributed by atoms with Gasteiger partial charge < -0.3 is 4.79 Å². The number of Topliss-reactive ketones (excluding diaryl/α,β-unsaturated/α-hetero) is 1. The molecule has 0 aromatic heterocycles. The molecule has 13 heavy (non-hydrogen) atoms. The molecule has 2 nitrogen and oxygen atoms in total. The van der Waals surface area contributed by atoms with Crippen molar-refractivity contribution in [1.29, 1.82) is 0 Å². The lowest BCUT2D eigenvalue weighted by atomic mass is 9.89. The summed E-state index contributed by atoms with van der Waals surface area (Å²) >= 11 is 0. The van der Waals surface area contributed by atoms with Crippen molar-refractivity contribution in [3.8, 4) is 0 Å². The average molecular weight is 182 g/mol. The van der Waals surface area contributed by atoms with Crippen LogP contribution in [-0.4, -0.2) is 12.1 Å². The van der Waals surface area contributed by atoms with Crippen LogP contribution >= 0.6 is 0 Å². The van der Waals surface area contributed by atoms with Crippen LogP contribution in [0.1, 0.15) is 39.5 Å². The zero-order chi connectivity index (χ0) is 9.84. The summed E-state index contributed by atoms with van der Waals surface area (Å²) in [6.07, 6.45) is 4.80. The van der Waals surface area contributed by atoms with Crippen molar-refractivity contribution in [2.45, 2.75) is 39.5 Å². The van der Waals surface area contributed by atoms with Gasteiger partial charge in [0.1, 0.15) is 12.1 Å². The van der Waals surface area contributed by atoms with Crippen molar-refractivity contribution in [2.24, 2.45) is 17.8 Å². The van der Waals surface area contributed by atoms with E-state index in [1.54, 1.807) is 0 Å². The minimum absolute atomic E-state index is 0.118. The molecule has 1 rings (SSSR count). The van der Waals surface area contributed by atoms with Crippen molar-refractivity contribution in [1.82, 2.24) is 0 Å². The van der Waals surface area contributed by atoms with E-state index in [4.69, 9.17) is 0 Å². The fraction of sp³-hybridized carbons (Fsp3) is 0.818. The van der Waals surface area contributed by atoms with E-state index in [1.807, 2.05) is 13.8 Å². The topological polar surface area (TPSA) is 34.1 Å². The first kappa shape index (κ1) is 10.4. The third kappa shape index (κ3) is 2.64. The first-order valence-electron chi connectivity index (χ1n) is 5.13. The molecule has 1 aliphatic rings. The fourth-order valence-corrected chi connectivity index (χ4v) is 1.99. The van der Waals surface area contributed by atoms with Gasteiger partial charge in [-0.15, -0.1) is 0 Å². The van der Waals surface area contributed by atoms with Gasteiger partial charge in [-0.2, -0.15) is 0 Å². The highest BCUT2D eigenvalue weighted by Gasteiger charge is 2.28. The van der Waals surface area contributed by atoms with E-state index in [-0.39, 0.29) is 11.8 Å². The number of hydrogen-bond acceptors (Lipinski definition) is 2. The highest BCUT2D eigenvalue weighted by Crippen LogP contribution is 2.33. The van der Waals surface area contributed by atoms with Crippen molar-refractivity contribution in [3.63, 3.8) is 0 Å². The molecule has 2 atom stereocenters. The van der Waals surface area contributed by atoms with E-state index < -0.39 is 0 Å². The van der Waals surface area contributed by atoms with Crippen LogP contribution < -0.4 is 0 Å². The average Bonchev–Trinajstić information content (AvgIpc) is 2.51. The molecule has 0 bridgehead atoms. The molecule has 74 valence electrons. The second kappa shape index (κ2) is 4.54. The highest BCUT2D eigenvalue weighted by atomic mass is 16.1. The van der Waals surface area contributed by atoms with Gasteiger partial charge in [-0.25, -0.2) is 0 Å². The summed E-state index contributed by atoms with van der Waals surface area (Å²) < 4.78 is 0. The zero-order valence-electron chi connectivity index (χ0n) is 8.45. The molecule has 0 saturated heterocycles. The maximum atomic E-state index is 11.4. The third-order valence-corrected chi connectivity index (χ3v) is 3.00. The molecule has 0 aromatic rings. The molecule has 1 fully saturated rings. The molecule has 0 amide bonds. The lowest BCUT2D eigenvalue weighted by molar-refractivity contribution is -0.123. The van der Waals surface area contributed by atoms with Gasteiger partial charge in [0.15, 0.2) is 0 Å². The number of carbonyl (C=O) groups is 2. The second-order valence-electron chi connectivity index (χ2n) is 4.32. The Labute approximate surface area is 79.7 Å². The summed E-state index contributed by atoms with van der Waals surface area (Å²) in [4.78, 5) is 22.1. The van der Waals surface area contributed by atoms with Crippen LogP contribution in [0.4, 0.5) is 0 Å². The second-order valence-corrected chi connectivity index (χ2v) is 4.32. The van der Waals surface area contributed by atoms with Crippen molar-refractivity contribution >= 4 is 12.1 Å². The molecular weight excluding hydrogens is 164 g/mol. The van der Waals surface area contributed by atoms with Gasteiger partial charge in [0, 0.05) is 18.3 Å². The van der Waals surface area contributed by atoms with E-state index in [0.717, 1.165) is 25.5 Å². The quantitative estimate of drug-likeness (QED) is 0.625. The first-order chi connectivity index (χ1) is 6.15. The van der Waals surface area contributed by atoms with Gasteiger partial charge >= 0.3 is 0 Å². The number of ketones is 1. The summed E-state index contributed by atoms with van der Waals surface area (Å²) in [6.45, 7) is 3.85. The molecule has 0 aliphatic heterocycles. The maximum absolute atomic E-state index is 11.4. The molecule has 0 aromatic carbocycles. The van der Waals surface area contributed by atoms with Crippen molar-refractivity contribution in [2.75, 3.05) is 0 Å². The van der Waals surface area contributed by atoms with Crippen molar-refractivity contribution < 1.29 is 9.59 Å². The smallest absolute Gasteiger partial charge is 0.135 e. The third-order valence-electron chi connectivity index (χ3n) is 3.00. The Morgan fingerprint density at radius 1 is 1.46 bits per heavy atom. The lowest BCUT2D eigenvalue weighted by Crippen LogP contribution is -2.17. The van der Waals surface area contributed by atoms with Crippen LogP contribution in [-0.2, 0) is 9.59 Å². The minimum Gasteiger partial charge on any atom is -0.303 e. The molecule has 1 aliphatic carbocycles. The van der Waals surface area contributed by atoms with E-state index in [1.165, 1.54) is 0 Å². The summed E-state index contributed by atoms with van der Waals surface area (Å²) in [5.41, 5.74) is 0. The van der Waals surface area contributed by atoms with E-state index >= 15 is 0 Å². The summed E-state index contributed by atoms with van der Waals surface area (Å²) in [7, 11) is 0. The summed E-state index contributed by atoms with van der Waals surface area (Å²) in [6, 6.07) is 0. The van der Waals surface area contributed by atoms with Crippen LogP contribution in [0.2, 0.25) is 0 Å². The predicted molar refractivity (Wildman–Crippen MR) is 51.4 cm³/mol. The Bertz CT molecular complexity index is 196. The van der Waals surface area contributed by atoms with Gasteiger partial charge in [-0.05, 0) is 18.8 Å². The van der Waals surface area contributed by atoms with Crippen LogP contribution in [0.5, 0.6) is 0 Å². The standard InChI is InChI=1S/C11H18O2/c1-8(2)11(13)6-9-4-3-5-10(9)7-12/h7-10H,3-6H2,1-2H3. The van der Waals surface area contributed by atoms with Gasteiger partial charge in [0.05, 0.1) is 0 Å². The normalized spacial score (nSPS) is 27.9. The molecule has 2 unspecified atom stereocenters. The fourth-order valence-electron chi connectivity index (χ4n) is 1.99. The van der Waals surface area contributed by atoms with Gasteiger partial charge in [0.2, 0.25) is 0 Å².